The van der Waals surface area contributed by atoms with Crippen LogP contribution in [0.5, 0.6) is 0 Å². The number of nitrogens with one attached hydrogen (secondary N) is 1. The van der Waals surface area contributed by atoms with E-state index in [1.807, 2.05) is 0 Å². The van der Waals surface area contributed by atoms with Gasteiger partial charge in [-0.2, -0.15) is 13.9 Å². The molecule has 0 fully saturated rings. The van der Waals surface area contributed by atoms with Crippen molar-refractivity contribution in [3.63, 3.8) is 0 Å². The van der Waals surface area contributed by atoms with E-state index >= 15 is 0 Å². The molecule has 0 saturated carbocycles. The molecule has 0 aliphatic heterocycles. The zero-order valence-electron chi connectivity index (χ0n) is 13.5. The maximum atomic E-state index is 11.7. The monoisotopic (exact) mass is 343 g/mol. The van der Waals surface area contributed by atoms with Gasteiger partial charge in [0, 0.05) is 0 Å². The van der Waals surface area contributed by atoms with Crippen LogP contribution in [0.1, 0.15) is 51.9 Å². The van der Waals surface area contributed by atoms with Crippen LogP contribution in [-0.4, -0.2) is 21.1 Å². The highest BCUT2D eigenvalue weighted by Gasteiger charge is 2.16. The molecule has 0 bridgehead atoms. The molecule has 0 heterocycles. The SMILES string of the molecule is CCCCCCCCCOC(=O)NOS(=O)(=O)c1ccccc1. The second-order valence-electron chi connectivity index (χ2n) is 5.21. The van der Waals surface area contributed by atoms with Crippen molar-refractivity contribution in [2.45, 2.75) is 56.8 Å². The van der Waals surface area contributed by atoms with Gasteiger partial charge < -0.3 is 4.74 Å². The first kappa shape index (κ1) is 19.4. The van der Waals surface area contributed by atoms with E-state index in [-0.39, 0.29) is 11.5 Å². The standard InChI is InChI=1S/C16H25NO5S/c1-2-3-4-5-6-7-11-14-21-16(18)17-22-23(19,20)15-12-9-8-10-13-15/h8-10,12-13H,2-7,11,14H2,1H3,(H,17,18). The number of amides is 1. The van der Waals surface area contributed by atoms with Gasteiger partial charge in [0.25, 0.3) is 0 Å². The maximum absolute atomic E-state index is 11.7. The van der Waals surface area contributed by atoms with Gasteiger partial charge in [0.2, 0.25) is 0 Å². The van der Waals surface area contributed by atoms with Gasteiger partial charge in [-0.25, -0.2) is 4.79 Å². The fraction of sp³-hybridized carbons (Fsp3) is 0.562. The fourth-order valence-electron chi connectivity index (χ4n) is 1.98. The Bertz CT molecular complexity index is 545. The van der Waals surface area contributed by atoms with Crippen LogP contribution in [0.2, 0.25) is 0 Å². The maximum Gasteiger partial charge on any atom is 0.432 e. The minimum atomic E-state index is -4.02. The summed E-state index contributed by atoms with van der Waals surface area (Å²) in [6.45, 7) is 2.42. The van der Waals surface area contributed by atoms with Crippen molar-refractivity contribution in [1.82, 2.24) is 5.48 Å². The Balaban J connectivity index is 2.13. The van der Waals surface area contributed by atoms with Gasteiger partial charge in [-0.15, -0.1) is 4.28 Å². The van der Waals surface area contributed by atoms with Crippen LogP contribution in [0.15, 0.2) is 35.2 Å². The lowest BCUT2D eigenvalue weighted by molar-refractivity contribution is 0.101. The minimum absolute atomic E-state index is 0.0348. The Labute approximate surface area is 138 Å². The van der Waals surface area contributed by atoms with E-state index in [1.165, 1.54) is 37.8 Å². The van der Waals surface area contributed by atoms with Crippen LogP contribution in [0, 0.1) is 0 Å². The highest BCUT2D eigenvalue weighted by atomic mass is 32.2. The smallest absolute Gasteiger partial charge is 0.432 e. The van der Waals surface area contributed by atoms with Crippen molar-refractivity contribution < 1.29 is 22.2 Å². The number of hydrogen-bond acceptors (Lipinski definition) is 5. The van der Waals surface area contributed by atoms with Gasteiger partial charge in [0.05, 0.1) is 11.5 Å². The summed E-state index contributed by atoms with van der Waals surface area (Å²) in [6, 6.07) is 7.56. The summed E-state index contributed by atoms with van der Waals surface area (Å²) >= 11 is 0. The van der Waals surface area contributed by atoms with Crippen molar-refractivity contribution in [2.75, 3.05) is 6.61 Å². The zero-order valence-corrected chi connectivity index (χ0v) is 14.3. The average molecular weight is 343 g/mol. The van der Waals surface area contributed by atoms with Crippen molar-refractivity contribution in [3.8, 4) is 0 Å². The Morgan fingerprint density at radius 2 is 1.61 bits per heavy atom. The second kappa shape index (κ2) is 11.0. The summed E-state index contributed by atoms with van der Waals surface area (Å²) in [5, 5.41) is 0. The minimum Gasteiger partial charge on any atom is -0.448 e. The van der Waals surface area contributed by atoms with E-state index in [2.05, 4.69) is 11.2 Å². The number of hydroxylamine groups is 1. The second-order valence-corrected chi connectivity index (χ2v) is 6.76. The summed E-state index contributed by atoms with van der Waals surface area (Å²) in [4.78, 5) is 11.3. The normalized spacial score (nSPS) is 11.2. The predicted octanol–water partition coefficient (Wildman–Crippen LogP) is 3.78. The molecule has 7 heteroatoms. The van der Waals surface area contributed by atoms with Crippen LogP contribution in [0.3, 0.4) is 0 Å². The molecule has 0 unspecified atom stereocenters. The largest absolute Gasteiger partial charge is 0.448 e. The molecule has 0 aromatic heterocycles. The molecule has 1 N–H and O–H groups in total. The summed E-state index contributed by atoms with van der Waals surface area (Å²) in [7, 11) is -4.02. The van der Waals surface area contributed by atoms with Crippen molar-refractivity contribution in [2.24, 2.45) is 0 Å². The molecule has 23 heavy (non-hydrogen) atoms. The van der Waals surface area contributed by atoms with Gasteiger partial charge in [-0.3, -0.25) is 0 Å². The quantitative estimate of drug-likeness (QED) is 0.488. The Morgan fingerprint density at radius 1 is 1.00 bits per heavy atom. The molecule has 0 saturated heterocycles. The third-order valence-corrected chi connectivity index (χ3v) is 4.40. The van der Waals surface area contributed by atoms with Crippen LogP contribution in [0.25, 0.3) is 0 Å². The molecule has 0 atom stereocenters. The van der Waals surface area contributed by atoms with E-state index < -0.39 is 16.2 Å². The van der Waals surface area contributed by atoms with Gasteiger partial charge in [0.1, 0.15) is 0 Å². The zero-order chi connectivity index (χ0) is 17.0. The molecule has 6 nitrogen and oxygen atoms in total. The molecule has 1 amide bonds. The summed E-state index contributed by atoms with van der Waals surface area (Å²) in [5.74, 6) is 0. The summed E-state index contributed by atoms with van der Waals surface area (Å²) in [5.41, 5.74) is 1.79. The Morgan fingerprint density at radius 3 is 2.26 bits per heavy atom. The first-order valence-electron chi connectivity index (χ1n) is 7.97. The molecule has 1 aromatic carbocycles. The Kier molecular flexibility index (Phi) is 9.31. The van der Waals surface area contributed by atoms with Crippen LogP contribution < -0.4 is 5.48 Å². The molecule has 0 radical (unpaired) electrons. The predicted molar refractivity (Wildman–Crippen MR) is 87.2 cm³/mol. The third-order valence-electron chi connectivity index (χ3n) is 3.25. The van der Waals surface area contributed by atoms with Crippen molar-refractivity contribution in [1.29, 1.82) is 0 Å². The molecule has 1 rings (SSSR count). The Hall–Kier alpha value is -1.60. The number of carbonyl (C=O) groups is 1. The molecular formula is C16H25NO5S. The van der Waals surface area contributed by atoms with Gasteiger partial charge >= 0.3 is 16.2 Å². The topological polar surface area (TPSA) is 81.7 Å². The van der Waals surface area contributed by atoms with Crippen molar-refractivity contribution in [3.05, 3.63) is 30.3 Å². The number of rotatable bonds is 11. The van der Waals surface area contributed by atoms with E-state index in [4.69, 9.17) is 4.74 Å². The fourth-order valence-corrected chi connectivity index (χ4v) is 2.74. The highest BCUT2D eigenvalue weighted by molar-refractivity contribution is 7.86. The first-order chi connectivity index (χ1) is 11.1. The van der Waals surface area contributed by atoms with E-state index in [0.717, 1.165) is 19.3 Å². The van der Waals surface area contributed by atoms with Gasteiger partial charge in [-0.05, 0) is 18.6 Å². The lowest BCUT2D eigenvalue weighted by Gasteiger charge is -2.07. The molecule has 0 aliphatic rings. The molecule has 0 aliphatic carbocycles. The van der Waals surface area contributed by atoms with E-state index in [9.17, 15) is 13.2 Å². The number of hydrogen-bond donors (Lipinski definition) is 1. The third kappa shape index (κ3) is 8.56. The molecule has 0 spiro atoms. The van der Waals surface area contributed by atoms with Crippen molar-refractivity contribution >= 4 is 16.2 Å². The van der Waals surface area contributed by atoms with Crippen LogP contribution >= 0.6 is 0 Å². The number of carbonyl (C=O) groups excluding carboxylic acids is 1. The van der Waals surface area contributed by atoms with Gasteiger partial charge in [-0.1, -0.05) is 63.6 Å². The van der Waals surface area contributed by atoms with Crippen LogP contribution in [0.4, 0.5) is 4.79 Å². The summed E-state index contributed by atoms with van der Waals surface area (Å²) < 4.78 is 32.8. The molecule has 1 aromatic rings. The summed E-state index contributed by atoms with van der Waals surface area (Å²) in [6.07, 6.45) is 6.85. The average Bonchev–Trinajstić information content (AvgIpc) is 2.56. The number of benzene rings is 1. The van der Waals surface area contributed by atoms with Crippen LogP contribution in [-0.2, 0) is 19.1 Å². The first-order valence-corrected chi connectivity index (χ1v) is 9.38. The highest BCUT2D eigenvalue weighted by Crippen LogP contribution is 2.10. The lowest BCUT2D eigenvalue weighted by atomic mass is 10.1. The molecule has 130 valence electrons. The lowest BCUT2D eigenvalue weighted by Crippen LogP contribution is -2.28. The number of unbranched alkanes of at least 4 members (excludes halogenated alkanes) is 6. The number of ether oxygens (including phenoxy) is 1. The molecular weight excluding hydrogens is 318 g/mol. The van der Waals surface area contributed by atoms with E-state index in [1.54, 1.807) is 23.7 Å². The van der Waals surface area contributed by atoms with Gasteiger partial charge in [0.15, 0.2) is 0 Å². The van der Waals surface area contributed by atoms with E-state index in [0.29, 0.717) is 0 Å².